The fourth-order valence-electron chi connectivity index (χ4n) is 5.70. The van der Waals surface area contributed by atoms with Crippen LogP contribution in [0.3, 0.4) is 0 Å². The summed E-state index contributed by atoms with van der Waals surface area (Å²) in [5, 5.41) is 14.4. The number of carbonyl (C=O) groups is 2. The van der Waals surface area contributed by atoms with Crippen LogP contribution in [0, 0.1) is 0 Å². The standard InChI is InChI=1S/C40H30N4O8S2/c45-39(43-35-21-7-13-27-11-1-3-19-33(27)35)41-29-15-9-17-31(25-29)51-53(47,48)37-23-5-6-24-38(37)54(49,50)52-32-18-10-16-30(26-32)42-40(46)44-36-22-8-14-28-12-2-4-20-34(28)36/h1-26H,(H2,41,43,45)(H2,42,44,46). The molecule has 0 unspecified atom stereocenters. The third kappa shape index (κ3) is 8.09. The van der Waals surface area contributed by atoms with E-state index in [4.69, 9.17) is 8.37 Å². The van der Waals surface area contributed by atoms with Gasteiger partial charge in [0, 0.05) is 34.3 Å². The molecule has 7 aromatic carbocycles. The van der Waals surface area contributed by atoms with Gasteiger partial charge in [-0.1, -0.05) is 97.1 Å². The Kier molecular flexibility index (Phi) is 9.85. The van der Waals surface area contributed by atoms with Crippen molar-refractivity contribution in [3.8, 4) is 11.5 Å². The molecule has 0 saturated heterocycles. The monoisotopic (exact) mass is 758 g/mol. The van der Waals surface area contributed by atoms with Crippen LogP contribution in [-0.4, -0.2) is 28.9 Å². The molecule has 12 nitrogen and oxygen atoms in total. The van der Waals surface area contributed by atoms with E-state index in [2.05, 4.69) is 21.3 Å². The Morgan fingerprint density at radius 2 is 0.778 bits per heavy atom. The van der Waals surface area contributed by atoms with Gasteiger partial charge in [0.1, 0.15) is 21.3 Å². The summed E-state index contributed by atoms with van der Waals surface area (Å²) in [6.07, 6.45) is 0. The second-order valence-corrected chi connectivity index (χ2v) is 14.8. The SMILES string of the molecule is O=C(Nc1cccc(OS(=O)(=O)c2ccccc2S(=O)(=O)Oc2cccc(NC(=O)Nc3cccc4ccccc34)c2)c1)Nc1cccc2ccccc12. The molecule has 0 aliphatic carbocycles. The Balaban J connectivity index is 1.04. The molecule has 7 aromatic rings. The van der Waals surface area contributed by atoms with Crippen LogP contribution in [0.5, 0.6) is 11.5 Å². The molecule has 270 valence electrons. The Morgan fingerprint density at radius 1 is 0.407 bits per heavy atom. The zero-order valence-corrected chi connectivity index (χ0v) is 29.7. The van der Waals surface area contributed by atoms with Crippen molar-refractivity contribution < 1.29 is 34.8 Å². The summed E-state index contributed by atoms with van der Waals surface area (Å²) in [6, 6.07) is 40.9. The molecule has 0 aliphatic rings. The number of urea groups is 2. The molecule has 0 fully saturated rings. The lowest BCUT2D eigenvalue weighted by molar-refractivity contribution is 0.261. The van der Waals surface area contributed by atoms with Crippen LogP contribution in [0.2, 0.25) is 0 Å². The number of rotatable bonds is 10. The summed E-state index contributed by atoms with van der Waals surface area (Å²) >= 11 is 0. The maximum absolute atomic E-state index is 13.5. The van der Waals surface area contributed by atoms with Crippen LogP contribution >= 0.6 is 0 Å². The Hall–Kier alpha value is -6.90. The van der Waals surface area contributed by atoms with E-state index < -0.39 is 42.1 Å². The van der Waals surface area contributed by atoms with Crippen LogP contribution in [0.25, 0.3) is 21.5 Å². The Labute approximate surface area is 310 Å². The molecule has 7 rings (SSSR count). The lowest BCUT2D eigenvalue weighted by atomic mass is 10.1. The van der Waals surface area contributed by atoms with Gasteiger partial charge in [0.05, 0.1) is 11.4 Å². The van der Waals surface area contributed by atoms with Gasteiger partial charge in [0.15, 0.2) is 0 Å². The number of nitrogens with one attached hydrogen (secondary N) is 4. The average molecular weight is 759 g/mol. The van der Waals surface area contributed by atoms with Crippen molar-refractivity contribution in [2.24, 2.45) is 0 Å². The van der Waals surface area contributed by atoms with Crippen LogP contribution < -0.4 is 29.6 Å². The van der Waals surface area contributed by atoms with Gasteiger partial charge in [0.25, 0.3) is 0 Å². The second-order valence-electron chi connectivity index (χ2n) is 11.8. The van der Waals surface area contributed by atoms with E-state index in [1.807, 2.05) is 72.8 Å². The molecule has 4 amide bonds. The molecule has 0 heterocycles. The van der Waals surface area contributed by atoms with E-state index in [0.717, 1.165) is 33.7 Å². The second kappa shape index (κ2) is 15.0. The van der Waals surface area contributed by atoms with Crippen molar-refractivity contribution in [3.63, 3.8) is 0 Å². The number of hydrogen-bond donors (Lipinski definition) is 4. The van der Waals surface area contributed by atoms with E-state index in [0.29, 0.717) is 11.4 Å². The summed E-state index contributed by atoms with van der Waals surface area (Å²) in [6.45, 7) is 0. The highest BCUT2D eigenvalue weighted by Gasteiger charge is 2.30. The third-order valence-electron chi connectivity index (χ3n) is 8.06. The lowest BCUT2D eigenvalue weighted by Crippen LogP contribution is -2.20. The van der Waals surface area contributed by atoms with Crippen LogP contribution in [0.4, 0.5) is 32.3 Å². The smallest absolute Gasteiger partial charge is 0.340 e. The van der Waals surface area contributed by atoms with Crippen molar-refractivity contribution in [1.82, 2.24) is 0 Å². The summed E-state index contributed by atoms with van der Waals surface area (Å²) in [5.74, 6) is -0.377. The van der Waals surface area contributed by atoms with Crippen LogP contribution in [0.1, 0.15) is 0 Å². The van der Waals surface area contributed by atoms with Gasteiger partial charge >= 0.3 is 32.3 Å². The van der Waals surface area contributed by atoms with E-state index in [1.54, 1.807) is 12.1 Å². The minimum absolute atomic E-state index is 0.188. The van der Waals surface area contributed by atoms with Gasteiger partial charge in [-0.05, 0) is 59.3 Å². The summed E-state index contributed by atoms with van der Waals surface area (Å²) in [7, 11) is -9.52. The highest BCUT2D eigenvalue weighted by Crippen LogP contribution is 2.30. The molecular weight excluding hydrogens is 729 g/mol. The molecule has 14 heteroatoms. The summed E-state index contributed by atoms with van der Waals surface area (Å²) in [5.41, 5.74) is 1.57. The van der Waals surface area contributed by atoms with E-state index in [9.17, 15) is 26.4 Å². The van der Waals surface area contributed by atoms with Crippen molar-refractivity contribution in [2.45, 2.75) is 9.79 Å². The first-order chi connectivity index (χ1) is 26.0. The zero-order chi connectivity index (χ0) is 37.7. The number of carbonyl (C=O) groups excluding carboxylic acids is 2. The molecule has 0 atom stereocenters. The molecule has 0 saturated carbocycles. The van der Waals surface area contributed by atoms with Gasteiger partial charge in [-0.3, -0.25) is 0 Å². The largest absolute Gasteiger partial charge is 0.379 e. The molecule has 0 radical (unpaired) electrons. The number of fused-ring (bicyclic) bond motifs is 2. The van der Waals surface area contributed by atoms with Gasteiger partial charge in [-0.25, -0.2) is 9.59 Å². The fourth-order valence-corrected chi connectivity index (χ4v) is 8.32. The summed E-state index contributed by atoms with van der Waals surface area (Å²) < 4.78 is 64.8. The summed E-state index contributed by atoms with van der Waals surface area (Å²) in [4.78, 5) is 24.3. The Morgan fingerprint density at radius 3 is 1.22 bits per heavy atom. The van der Waals surface area contributed by atoms with Crippen LogP contribution in [0.15, 0.2) is 168 Å². The first-order valence-electron chi connectivity index (χ1n) is 16.3. The predicted molar refractivity (Wildman–Crippen MR) is 208 cm³/mol. The normalized spacial score (nSPS) is 11.4. The molecule has 0 spiro atoms. The third-order valence-corrected chi connectivity index (χ3v) is 10.8. The maximum Gasteiger partial charge on any atom is 0.340 e. The number of amides is 4. The molecule has 0 aromatic heterocycles. The highest BCUT2D eigenvalue weighted by atomic mass is 32.2. The van der Waals surface area contributed by atoms with Crippen molar-refractivity contribution in [1.29, 1.82) is 0 Å². The highest BCUT2D eigenvalue weighted by molar-refractivity contribution is 7.90. The van der Waals surface area contributed by atoms with E-state index >= 15 is 0 Å². The van der Waals surface area contributed by atoms with Gasteiger partial charge < -0.3 is 29.6 Å². The fraction of sp³-hybridized carbons (Fsp3) is 0. The van der Waals surface area contributed by atoms with Gasteiger partial charge in [-0.15, -0.1) is 0 Å². The van der Waals surface area contributed by atoms with Crippen LogP contribution in [-0.2, 0) is 20.2 Å². The van der Waals surface area contributed by atoms with Crippen molar-refractivity contribution in [3.05, 3.63) is 158 Å². The zero-order valence-electron chi connectivity index (χ0n) is 28.1. The van der Waals surface area contributed by atoms with Gasteiger partial charge in [-0.2, -0.15) is 16.8 Å². The molecule has 4 N–H and O–H groups in total. The van der Waals surface area contributed by atoms with E-state index in [1.165, 1.54) is 60.7 Å². The first-order valence-corrected chi connectivity index (χ1v) is 19.2. The van der Waals surface area contributed by atoms with E-state index in [-0.39, 0.29) is 22.9 Å². The molecule has 0 bridgehead atoms. The predicted octanol–water partition coefficient (Wildman–Crippen LogP) is 8.82. The minimum Gasteiger partial charge on any atom is -0.379 e. The van der Waals surface area contributed by atoms with Gasteiger partial charge in [0.2, 0.25) is 0 Å². The average Bonchev–Trinajstić information content (AvgIpc) is 3.15. The van der Waals surface area contributed by atoms with Crippen molar-refractivity contribution >= 4 is 76.6 Å². The maximum atomic E-state index is 13.5. The number of benzene rings is 7. The quantitative estimate of drug-likeness (QED) is 0.100. The number of hydrogen-bond acceptors (Lipinski definition) is 8. The lowest BCUT2D eigenvalue weighted by Gasteiger charge is -2.14. The molecule has 54 heavy (non-hydrogen) atoms. The molecular formula is C40H30N4O8S2. The number of anilines is 4. The van der Waals surface area contributed by atoms with Crippen molar-refractivity contribution in [2.75, 3.05) is 21.3 Å². The topological polar surface area (TPSA) is 169 Å². The first kappa shape index (κ1) is 35.5. The minimum atomic E-state index is -4.76. The Bertz CT molecular complexity index is 2580. The molecule has 0 aliphatic heterocycles.